The molecule has 10 heavy (non-hydrogen) atoms. The van der Waals surface area contributed by atoms with E-state index < -0.39 is 0 Å². The van der Waals surface area contributed by atoms with Crippen LogP contribution < -0.4 is 0 Å². The molecular formula is C9H19Br. The zero-order valence-electron chi connectivity index (χ0n) is 7.36. The van der Waals surface area contributed by atoms with Crippen LogP contribution in [0.15, 0.2) is 0 Å². The Morgan fingerprint density at radius 1 is 1.20 bits per heavy atom. The van der Waals surface area contributed by atoms with Crippen molar-refractivity contribution in [2.24, 2.45) is 11.8 Å². The van der Waals surface area contributed by atoms with Gasteiger partial charge in [-0.3, -0.25) is 0 Å². The molecule has 0 aliphatic rings. The average Bonchev–Trinajstić information content (AvgIpc) is 1.88. The summed E-state index contributed by atoms with van der Waals surface area (Å²) in [5.41, 5.74) is 0. The lowest BCUT2D eigenvalue weighted by Gasteiger charge is -2.13. The molecule has 0 aliphatic heterocycles. The van der Waals surface area contributed by atoms with Crippen molar-refractivity contribution >= 4 is 15.9 Å². The largest absolute Gasteiger partial charge is 0.0925 e. The number of alkyl halides is 1. The number of hydrogen-bond acceptors (Lipinski definition) is 0. The normalized spacial score (nSPS) is 16.8. The molecule has 0 heterocycles. The summed E-state index contributed by atoms with van der Waals surface area (Å²) < 4.78 is 0. The van der Waals surface area contributed by atoms with Crippen molar-refractivity contribution in [3.05, 3.63) is 0 Å². The Balaban J connectivity index is 3.27. The highest BCUT2D eigenvalue weighted by Crippen LogP contribution is 2.17. The molecular weight excluding hydrogens is 188 g/mol. The maximum absolute atomic E-state index is 3.49. The first-order valence-electron chi connectivity index (χ1n) is 4.26. The molecule has 0 unspecified atom stereocenters. The van der Waals surface area contributed by atoms with Gasteiger partial charge >= 0.3 is 0 Å². The van der Waals surface area contributed by atoms with Gasteiger partial charge in [0.25, 0.3) is 0 Å². The van der Waals surface area contributed by atoms with Crippen molar-refractivity contribution in [1.82, 2.24) is 0 Å². The minimum Gasteiger partial charge on any atom is -0.0925 e. The van der Waals surface area contributed by atoms with Crippen LogP contribution in [0.5, 0.6) is 0 Å². The quantitative estimate of drug-likeness (QED) is 0.601. The Hall–Kier alpha value is 0.480. The summed E-state index contributed by atoms with van der Waals surface area (Å²) in [6.07, 6.45) is 4.09. The maximum Gasteiger partial charge on any atom is 0.00571 e. The van der Waals surface area contributed by atoms with Crippen LogP contribution in [0, 0.1) is 11.8 Å². The summed E-state index contributed by atoms with van der Waals surface area (Å²) in [6.45, 7) is 6.92. The number of hydrogen-bond donors (Lipinski definition) is 0. The molecule has 0 fully saturated rings. The van der Waals surface area contributed by atoms with Crippen LogP contribution >= 0.6 is 15.9 Å². The maximum atomic E-state index is 3.49. The van der Waals surface area contributed by atoms with Crippen molar-refractivity contribution in [3.63, 3.8) is 0 Å². The molecule has 0 spiro atoms. The molecule has 0 rings (SSSR count). The minimum absolute atomic E-state index is 0.849. The Morgan fingerprint density at radius 2 is 1.80 bits per heavy atom. The van der Waals surface area contributed by atoms with Gasteiger partial charge in [-0.1, -0.05) is 49.5 Å². The standard InChI is InChI=1S/C9H19Br/c1-4-5-8(2)6-9(3)7-10/h8-9H,4-7H2,1-3H3/t8-,9-/m1/s1. The molecule has 0 aromatic heterocycles. The summed E-state index contributed by atoms with van der Waals surface area (Å²) in [6, 6.07) is 0. The zero-order valence-corrected chi connectivity index (χ0v) is 8.95. The van der Waals surface area contributed by atoms with Gasteiger partial charge < -0.3 is 0 Å². The highest BCUT2D eigenvalue weighted by Gasteiger charge is 2.05. The van der Waals surface area contributed by atoms with Gasteiger partial charge in [-0.15, -0.1) is 0 Å². The predicted octanol–water partition coefficient (Wildman–Crippen LogP) is 3.84. The molecule has 0 amide bonds. The highest BCUT2D eigenvalue weighted by molar-refractivity contribution is 9.09. The molecule has 0 aromatic carbocycles. The SMILES string of the molecule is CCC[C@@H](C)C[C@@H](C)CBr. The lowest BCUT2D eigenvalue weighted by atomic mass is 9.95. The third-order valence-electron chi connectivity index (χ3n) is 1.85. The number of halogens is 1. The first-order valence-corrected chi connectivity index (χ1v) is 5.38. The van der Waals surface area contributed by atoms with E-state index >= 15 is 0 Å². The molecule has 0 saturated carbocycles. The summed E-state index contributed by atoms with van der Waals surface area (Å²) in [7, 11) is 0. The Labute approximate surface area is 73.5 Å². The lowest BCUT2D eigenvalue weighted by molar-refractivity contribution is 0.417. The fourth-order valence-corrected chi connectivity index (χ4v) is 1.62. The van der Waals surface area contributed by atoms with E-state index in [1.807, 2.05) is 0 Å². The topological polar surface area (TPSA) is 0 Å². The summed E-state index contributed by atoms with van der Waals surface area (Å²) in [5, 5.41) is 1.15. The summed E-state index contributed by atoms with van der Waals surface area (Å²) in [4.78, 5) is 0. The van der Waals surface area contributed by atoms with Gasteiger partial charge in [0, 0.05) is 5.33 Å². The van der Waals surface area contributed by atoms with Crippen LogP contribution in [-0.4, -0.2) is 5.33 Å². The molecule has 62 valence electrons. The molecule has 0 saturated heterocycles. The second-order valence-corrected chi connectivity index (χ2v) is 4.04. The molecule has 0 aromatic rings. The molecule has 0 nitrogen and oxygen atoms in total. The first kappa shape index (κ1) is 10.5. The van der Waals surface area contributed by atoms with Gasteiger partial charge in [0.15, 0.2) is 0 Å². The third-order valence-corrected chi connectivity index (χ3v) is 2.95. The van der Waals surface area contributed by atoms with E-state index in [1.165, 1.54) is 19.3 Å². The van der Waals surface area contributed by atoms with Gasteiger partial charge in [0.05, 0.1) is 0 Å². The highest BCUT2D eigenvalue weighted by atomic mass is 79.9. The van der Waals surface area contributed by atoms with E-state index in [0.29, 0.717) is 0 Å². The van der Waals surface area contributed by atoms with Crippen LogP contribution in [-0.2, 0) is 0 Å². The van der Waals surface area contributed by atoms with Gasteiger partial charge in [-0.25, -0.2) is 0 Å². The van der Waals surface area contributed by atoms with E-state index in [9.17, 15) is 0 Å². The second-order valence-electron chi connectivity index (χ2n) is 3.39. The monoisotopic (exact) mass is 206 g/mol. The average molecular weight is 207 g/mol. The van der Waals surface area contributed by atoms with Crippen molar-refractivity contribution in [2.45, 2.75) is 40.0 Å². The molecule has 0 aliphatic carbocycles. The molecule has 2 atom stereocenters. The summed E-state index contributed by atoms with van der Waals surface area (Å²) in [5.74, 6) is 1.76. The van der Waals surface area contributed by atoms with Crippen LogP contribution in [0.1, 0.15) is 40.0 Å². The molecule has 0 radical (unpaired) electrons. The van der Waals surface area contributed by atoms with Crippen molar-refractivity contribution in [2.75, 3.05) is 5.33 Å². The number of rotatable bonds is 5. The Bertz CT molecular complexity index is 71.1. The van der Waals surface area contributed by atoms with E-state index in [0.717, 1.165) is 17.2 Å². The Morgan fingerprint density at radius 3 is 2.20 bits per heavy atom. The van der Waals surface area contributed by atoms with Crippen molar-refractivity contribution in [3.8, 4) is 0 Å². The van der Waals surface area contributed by atoms with Crippen molar-refractivity contribution < 1.29 is 0 Å². The van der Waals surface area contributed by atoms with E-state index in [2.05, 4.69) is 36.7 Å². The van der Waals surface area contributed by atoms with E-state index in [-0.39, 0.29) is 0 Å². The smallest absolute Gasteiger partial charge is 0.00571 e. The van der Waals surface area contributed by atoms with Crippen LogP contribution in [0.2, 0.25) is 0 Å². The van der Waals surface area contributed by atoms with E-state index in [1.54, 1.807) is 0 Å². The van der Waals surface area contributed by atoms with E-state index in [4.69, 9.17) is 0 Å². The van der Waals surface area contributed by atoms with Crippen LogP contribution in [0.4, 0.5) is 0 Å². The Kier molecular flexibility index (Phi) is 6.50. The van der Waals surface area contributed by atoms with Gasteiger partial charge in [0.2, 0.25) is 0 Å². The van der Waals surface area contributed by atoms with Crippen LogP contribution in [0.25, 0.3) is 0 Å². The first-order chi connectivity index (χ1) is 4.70. The fraction of sp³-hybridized carbons (Fsp3) is 1.00. The van der Waals surface area contributed by atoms with Crippen LogP contribution in [0.3, 0.4) is 0 Å². The molecule has 1 heteroatoms. The summed E-state index contributed by atoms with van der Waals surface area (Å²) >= 11 is 3.49. The van der Waals surface area contributed by atoms with Gasteiger partial charge in [-0.05, 0) is 18.3 Å². The van der Waals surface area contributed by atoms with Crippen molar-refractivity contribution in [1.29, 1.82) is 0 Å². The molecule has 0 bridgehead atoms. The predicted molar refractivity (Wildman–Crippen MR) is 51.6 cm³/mol. The third kappa shape index (κ3) is 5.28. The molecule has 0 N–H and O–H groups in total. The zero-order chi connectivity index (χ0) is 7.98. The van der Waals surface area contributed by atoms with Gasteiger partial charge in [-0.2, -0.15) is 0 Å². The second kappa shape index (κ2) is 6.21. The fourth-order valence-electron chi connectivity index (χ4n) is 1.36. The van der Waals surface area contributed by atoms with Gasteiger partial charge in [0.1, 0.15) is 0 Å². The minimum atomic E-state index is 0.849. The lowest BCUT2D eigenvalue weighted by Crippen LogP contribution is -2.03.